The van der Waals surface area contributed by atoms with Gasteiger partial charge >= 0.3 is 0 Å². The summed E-state index contributed by atoms with van der Waals surface area (Å²) in [6, 6.07) is 8.09. The number of benzene rings is 1. The Morgan fingerprint density at radius 3 is 2.54 bits per heavy atom. The Balaban J connectivity index is 0.00000338. The molecule has 7 heteroatoms. The second-order valence-corrected chi connectivity index (χ2v) is 6.55. The highest BCUT2D eigenvalue weighted by Crippen LogP contribution is 2.25. The number of guanidine groups is 1. The van der Waals surface area contributed by atoms with E-state index in [1.807, 2.05) is 25.1 Å². The van der Waals surface area contributed by atoms with Crippen molar-refractivity contribution in [3.05, 3.63) is 29.8 Å². The molecule has 1 aliphatic rings. The first-order valence-electron chi connectivity index (χ1n) is 9.01. The van der Waals surface area contributed by atoms with Crippen LogP contribution in [0.2, 0.25) is 0 Å². The molecule has 2 N–H and O–H groups in total. The smallest absolute Gasteiger partial charge is 0.191 e. The molecule has 1 aliphatic heterocycles. The van der Waals surface area contributed by atoms with Gasteiger partial charge < -0.3 is 25.0 Å². The van der Waals surface area contributed by atoms with Crippen molar-refractivity contribution in [2.45, 2.75) is 31.8 Å². The molecule has 148 valence electrons. The number of ether oxygens (including phenoxy) is 2. The molecule has 1 aromatic rings. The predicted molar refractivity (Wildman–Crippen MR) is 118 cm³/mol. The molecule has 0 aromatic heterocycles. The fourth-order valence-corrected chi connectivity index (χ4v) is 3.13. The zero-order chi connectivity index (χ0) is 18.1. The maximum atomic E-state index is 5.68. The van der Waals surface area contributed by atoms with Crippen molar-refractivity contribution in [1.29, 1.82) is 0 Å². The molecule has 1 aromatic carbocycles. The first kappa shape index (κ1) is 23.0. The SMILES string of the molecule is CCOc1ccccc1CNC(=NC)NCC1(N(C)C)CCOCC1.I. The maximum Gasteiger partial charge on any atom is 0.191 e. The van der Waals surface area contributed by atoms with Crippen LogP contribution in [0.3, 0.4) is 0 Å². The van der Waals surface area contributed by atoms with Crippen LogP contribution in [-0.2, 0) is 11.3 Å². The number of aliphatic imine (C=N–C) groups is 1. The number of likely N-dealkylation sites (N-methyl/N-ethyl adjacent to an activating group) is 1. The summed E-state index contributed by atoms with van der Waals surface area (Å²) in [7, 11) is 6.08. The lowest BCUT2D eigenvalue weighted by atomic mass is 9.88. The van der Waals surface area contributed by atoms with Crippen LogP contribution in [0.4, 0.5) is 0 Å². The highest BCUT2D eigenvalue weighted by atomic mass is 127. The molecule has 26 heavy (non-hydrogen) atoms. The molecule has 6 nitrogen and oxygen atoms in total. The second-order valence-electron chi connectivity index (χ2n) is 6.55. The molecular formula is C19H33IN4O2. The van der Waals surface area contributed by atoms with Crippen LogP contribution < -0.4 is 15.4 Å². The number of hydrogen-bond donors (Lipinski definition) is 2. The zero-order valence-corrected chi connectivity index (χ0v) is 18.7. The lowest BCUT2D eigenvalue weighted by Crippen LogP contribution is -2.57. The minimum atomic E-state index is 0. The summed E-state index contributed by atoms with van der Waals surface area (Å²) in [5, 5.41) is 6.87. The Hall–Kier alpha value is -1.06. The summed E-state index contributed by atoms with van der Waals surface area (Å²) in [5.74, 6) is 1.72. The van der Waals surface area contributed by atoms with Crippen LogP contribution in [0.25, 0.3) is 0 Å². The van der Waals surface area contributed by atoms with Gasteiger partial charge in [-0.25, -0.2) is 0 Å². The Labute approximate surface area is 174 Å². The molecule has 0 spiro atoms. The third kappa shape index (κ3) is 6.28. The van der Waals surface area contributed by atoms with Gasteiger partial charge in [-0.2, -0.15) is 0 Å². The first-order chi connectivity index (χ1) is 12.1. The molecule has 1 heterocycles. The van der Waals surface area contributed by atoms with E-state index in [-0.39, 0.29) is 29.5 Å². The number of nitrogens with one attached hydrogen (secondary N) is 2. The summed E-state index contributed by atoms with van der Waals surface area (Å²) >= 11 is 0. The Morgan fingerprint density at radius 2 is 1.92 bits per heavy atom. The molecule has 0 unspecified atom stereocenters. The summed E-state index contributed by atoms with van der Waals surface area (Å²) in [4.78, 5) is 6.66. The van der Waals surface area contributed by atoms with Gasteiger partial charge in [0.15, 0.2) is 5.96 Å². The van der Waals surface area contributed by atoms with Crippen LogP contribution in [-0.4, -0.2) is 63.9 Å². The lowest BCUT2D eigenvalue weighted by molar-refractivity contribution is -0.00501. The van der Waals surface area contributed by atoms with Crippen LogP contribution in [0, 0.1) is 0 Å². The fourth-order valence-electron chi connectivity index (χ4n) is 3.13. The predicted octanol–water partition coefficient (Wildman–Crippen LogP) is 2.48. The molecule has 0 atom stereocenters. The Morgan fingerprint density at radius 1 is 1.23 bits per heavy atom. The number of para-hydroxylation sites is 1. The number of hydrogen-bond acceptors (Lipinski definition) is 4. The molecule has 0 bridgehead atoms. The Kier molecular flexibility index (Phi) is 10.3. The van der Waals surface area contributed by atoms with E-state index in [1.165, 1.54) is 0 Å². The standard InChI is InChI=1S/C19H32N4O2.HI/c1-5-25-17-9-7-6-8-16(17)14-21-18(20-2)22-15-19(23(3)4)10-12-24-13-11-19;/h6-9H,5,10-15H2,1-4H3,(H2,20,21,22);1H. The van der Waals surface area contributed by atoms with Crippen molar-refractivity contribution >= 4 is 29.9 Å². The molecule has 0 aliphatic carbocycles. The quantitative estimate of drug-likeness (QED) is 0.360. The third-order valence-electron chi connectivity index (χ3n) is 4.90. The maximum absolute atomic E-state index is 5.68. The first-order valence-corrected chi connectivity index (χ1v) is 9.01. The highest BCUT2D eigenvalue weighted by Gasteiger charge is 2.34. The third-order valence-corrected chi connectivity index (χ3v) is 4.90. The molecular weight excluding hydrogens is 443 g/mol. The summed E-state index contributed by atoms with van der Waals surface area (Å²) in [6.07, 6.45) is 2.05. The largest absolute Gasteiger partial charge is 0.494 e. The summed E-state index contributed by atoms with van der Waals surface area (Å²) in [5.41, 5.74) is 1.24. The van der Waals surface area contributed by atoms with Crippen molar-refractivity contribution in [2.24, 2.45) is 4.99 Å². The molecule has 2 rings (SSSR count). The van der Waals surface area contributed by atoms with Crippen LogP contribution in [0.5, 0.6) is 5.75 Å². The van der Waals surface area contributed by atoms with Crippen molar-refractivity contribution in [3.63, 3.8) is 0 Å². The van der Waals surface area contributed by atoms with E-state index in [0.717, 1.165) is 49.9 Å². The molecule has 0 saturated carbocycles. The Bertz CT molecular complexity index is 560. The van der Waals surface area contributed by atoms with E-state index in [0.29, 0.717) is 13.2 Å². The van der Waals surface area contributed by atoms with Crippen molar-refractivity contribution in [2.75, 3.05) is 47.5 Å². The minimum absolute atomic E-state index is 0. The van der Waals surface area contributed by atoms with Gasteiger partial charge in [-0.05, 0) is 39.9 Å². The van der Waals surface area contributed by atoms with Crippen molar-refractivity contribution < 1.29 is 9.47 Å². The van der Waals surface area contributed by atoms with Gasteiger partial charge in [-0.1, -0.05) is 18.2 Å². The summed E-state index contributed by atoms with van der Waals surface area (Å²) in [6.45, 7) is 5.81. The van der Waals surface area contributed by atoms with Crippen LogP contribution >= 0.6 is 24.0 Å². The normalized spacial score (nSPS) is 16.7. The fraction of sp³-hybridized carbons (Fsp3) is 0.632. The lowest BCUT2D eigenvalue weighted by Gasteiger charge is -2.43. The van der Waals surface area contributed by atoms with Gasteiger partial charge in [0.1, 0.15) is 5.75 Å². The van der Waals surface area contributed by atoms with E-state index in [9.17, 15) is 0 Å². The zero-order valence-electron chi connectivity index (χ0n) is 16.4. The topological polar surface area (TPSA) is 58.1 Å². The number of nitrogens with zero attached hydrogens (tertiary/aromatic N) is 2. The second kappa shape index (κ2) is 11.6. The number of rotatable bonds is 7. The highest BCUT2D eigenvalue weighted by molar-refractivity contribution is 14.0. The number of halogens is 1. The van der Waals surface area contributed by atoms with E-state index >= 15 is 0 Å². The van der Waals surface area contributed by atoms with Gasteiger partial charge in [0.05, 0.1) is 6.61 Å². The van der Waals surface area contributed by atoms with E-state index < -0.39 is 0 Å². The van der Waals surface area contributed by atoms with Crippen LogP contribution in [0.1, 0.15) is 25.3 Å². The van der Waals surface area contributed by atoms with E-state index in [4.69, 9.17) is 9.47 Å². The molecule has 0 amide bonds. The average Bonchev–Trinajstić information content (AvgIpc) is 2.64. The van der Waals surface area contributed by atoms with E-state index in [1.54, 1.807) is 7.05 Å². The molecule has 0 radical (unpaired) electrons. The van der Waals surface area contributed by atoms with Gasteiger partial charge in [0, 0.05) is 44.5 Å². The van der Waals surface area contributed by atoms with Gasteiger partial charge in [-0.3, -0.25) is 4.99 Å². The monoisotopic (exact) mass is 476 g/mol. The van der Waals surface area contributed by atoms with Gasteiger partial charge in [0.25, 0.3) is 0 Å². The summed E-state index contributed by atoms with van der Waals surface area (Å²) < 4.78 is 11.2. The van der Waals surface area contributed by atoms with Crippen molar-refractivity contribution in [3.8, 4) is 5.75 Å². The van der Waals surface area contributed by atoms with Crippen molar-refractivity contribution in [1.82, 2.24) is 15.5 Å². The average molecular weight is 476 g/mol. The van der Waals surface area contributed by atoms with Crippen LogP contribution in [0.15, 0.2) is 29.3 Å². The minimum Gasteiger partial charge on any atom is -0.494 e. The molecule has 1 fully saturated rings. The van der Waals surface area contributed by atoms with Gasteiger partial charge in [-0.15, -0.1) is 24.0 Å². The van der Waals surface area contributed by atoms with E-state index in [2.05, 4.69) is 40.7 Å². The molecule has 1 saturated heterocycles. The van der Waals surface area contributed by atoms with Gasteiger partial charge in [0.2, 0.25) is 0 Å².